The molecular formula is C9H12O3. The molecular weight excluding hydrogens is 156 g/mol. The number of aliphatic hydroxyl groups excluding tert-OH is 1. The number of ketones is 1. The van der Waals surface area contributed by atoms with Gasteiger partial charge in [-0.25, -0.2) is 0 Å². The molecule has 0 radical (unpaired) electrons. The number of carbonyl (C=O) groups is 1. The van der Waals surface area contributed by atoms with E-state index in [0.29, 0.717) is 17.9 Å². The minimum atomic E-state index is -0.599. The van der Waals surface area contributed by atoms with Crippen LogP contribution in [0.3, 0.4) is 0 Å². The van der Waals surface area contributed by atoms with Crippen LogP contribution in [0.2, 0.25) is 0 Å². The summed E-state index contributed by atoms with van der Waals surface area (Å²) in [5, 5.41) is 9.32. The van der Waals surface area contributed by atoms with Crippen LogP contribution < -0.4 is 0 Å². The van der Waals surface area contributed by atoms with Gasteiger partial charge in [-0.3, -0.25) is 4.79 Å². The Morgan fingerprint density at radius 2 is 2.33 bits per heavy atom. The Morgan fingerprint density at radius 3 is 2.75 bits per heavy atom. The Morgan fingerprint density at radius 1 is 1.67 bits per heavy atom. The monoisotopic (exact) mass is 168 g/mol. The predicted octanol–water partition coefficient (Wildman–Crippen LogP) is 1.93. The van der Waals surface area contributed by atoms with Crippen LogP contribution in [0.5, 0.6) is 0 Å². The van der Waals surface area contributed by atoms with E-state index in [1.807, 2.05) is 6.92 Å². The molecule has 0 fully saturated rings. The maximum Gasteiger partial charge on any atom is 0.194 e. The number of hydrogen-bond donors (Lipinski definition) is 1. The molecule has 0 aromatic carbocycles. The van der Waals surface area contributed by atoms with Gasteiger partial charge in [0.1, 0.15) is 11.9 Å². The van der Waals surface area contributed by atoms with Gasteiger partial charge in [-0.1, -0.05) is 6.92 Å². The molecule has 12 heavy (non-hydrogen) atoms. The van der Waals surface area contributed by atoms with Gasteiger partial charge in [-0.15, -0.1) is 0 Å². The molecule has 0 saturated carbocycles. The Kier molecular flexibility index (Phi) is 2.65. The van der Waals surface area contributed by atoms with Gasteiger partial charge in [0, 0.05) is 6.92 Å². The van der Waals surface area contributed by atoms with E-state index < -0.39 is 6.10 Å². The van der Waals surface area contributed by atoms with Crippen LogP contribution in [0.1, 0.15) is 42.7 Å². The molecule has 66 valence electrons. The fourth-order valence-electron chi connectivity index (χ4n) is 0.922. The van der Waals surface area contributed by atoms with Gasteiger partial charge in [-0.2, -0.15) is 0 Å². The third-order valence-corrected chi connectivity index (χ3v) is 1.69. The van der Waals surface area contributed by atoms with E-state index in [4.69, 9.17) is 4.42 Å². The molecule has 0 unspecified atom stereocenters. The van der Waals surface area contributed by atoms with Crippen LogP contribution in [-0.4, -0.2) is 10.9 Å². The lowest BCUT2D eigenvalue weighted by Crippen LogP contribution is -1.92. The first-order chi connectivity index (χ1) is 5.65. The largest absolute Gasteiger partial charge is 0.455 e. The number of furan rings is 1. The second-order valence-electron chi connectivity index (χ2n) is 2.68. The van der Waals surface area contributed by atoms with E-state index in [0.717, 1.165) is 0 Å². The van der Waals surface area contributed by atoms with Crippen LogP contribution in [0.4, 0.5) is 0 Å². The summed E-state index contributed by atoms with van der Waals surface area (Å²) in [6.45, 7) is 3.28. The van der Waals surface area contributed by atoms with Crippen LogP contribution in [0.25, 0.3) is 0 Å². The first-order valence-electron chi connectivity index (χ1n) is 3.94. The summed E-state index contributed by atoms with van der Waals surface area (Å²) < 4.78 is 5.10. The molecule has 1 N–H and O–H groups in total. The third-order valence-electron chi connectivity index (χ3n) is 1.69. The smallest absolute Gasteiger partial charge is 0.194 e. The second-order valence-corrected chi connectivity index (χ2v) is 2.68. The highest BCUT2D eigenvalue weighted by Crippen LogP contribution is 2.18. The molecule has 3 heteroatoms. The SMILES string of the molecule is CC[C@@H](O)c1ccc(C(C)=O)o1. The summed E-state index contributed by atoms with van der Waals surface area (Å²) in [5.41, 5.74) is 0. The number of rotatable bonds is 3. The Labute approximate surface area is 71.0 Å². The average molecular weight is 168 g/mol. The molecule has 0 aliphatic heterocycles. The van der Waals surface area contributed by atoms with Gasteiger partial charge in [0.25, 0.3) is 0 Å². The Hall–Kier alpha value is -1.09. The first-order valence-corrected chi connectivity index (χ1v) is 3.94. The maximum absolute atomic E-state index is 10.8. The highest BCUT2D eigenvalue weighted by Gasteiger charge is 2.11. The van der Waals surface area contributed by atoms with Crippen molar-refractivity contribution in [3.05, 3.63) is 23.7 Å². The maximum atomic E-state index is 10.8. The highest BCUT2D eigenvalue weighted by atomic mass is 16.4. The minimum absolute atomic E-state index is 0.121. The lowest BCUT2D eigenvalue weighted by atomic mass is 10.2. The minimum Gasteiger partial charge on any atom is -0.455 e. The van der Waals surface area contributed by atoms with Crippen molar-refractivity contribution in [3.8, 4) is 0 Å². The lowest BCUT2D eigenvalue weighted by molar-refractivity contribution is 0.0971. The van der Waals surface area contributed by atoms with Crippen molar-refractivity contribution >= 4 is 5.78 Å². The molecule has 0 aliphatic carbocycles. The number of aliphatic hydroxyl groups is 1. The van der Waals surface area contributed by atoms with Gasteiger partial charge in [0.05, 0.1) is 0 Å². The summed E-state index contributed by atoms with van der Waals surface area (Å²) in [4.78, 5) is 10.8. The van der Waals surface area contributed by atoms with Crippen molar-refractivity contribution < 1.29 is 14.3 Å². The van der Waals surface area contributed by atoms with Crippen molar-refractivity contribution in [1.82, 2.24) is 0 Å². The quantitative estimate of drug-likeness (QED) is 0.701. The van der Waals surface area contributed by atoms with Crippen molar-refractivity contribution in [2.24, 2.45) is 0 Å². The molecule has 3 nitrogen and oxygen atoms in total. The Bertz CT molecular complexity index is 275. The molecule has 1 aromatic rings. The zero-order valence-corrected chi connectivity index (χ0v) is 7.20. The van der Waals surface area contributed by atoms with E-state index in [2.05, 4.69) is 0 Å². The standard InChI is InChI=1S/C9H12O3/c1-3-7(11)9-5-4-8(12-9)6(2)10/h4-5,7,11H,3H2,1-2H3/t7-/m1/s1. The number of Topliss-reactive ketones (excluding diaryl/α,β-unsaturated/α-hetero) is 1. The molecule has 1 atom stereocenters. The lowest BCUT2D eigenvalue weighted by Gasteiger charge is -2.01. The Balaban J connectivity index is 2.84. The molecule has 0 amide bonds. The predicted molar refractivity (Wildman–Crippen MR) is 44.0 cm³/mol. The summed E-state index contributed by atoms with van der Waals surface area (Å²) in [6.07, 6.45) is -0.0108. The second kappa shape index (κ2) is 3.54. The zero-order chi connectivity index (χ0) is 9.14. The van der Waals surface area contributed by atoms with E-state index in [9.17, 15) is 9.90 Å². The summed E-state index contributed by atoms with van der Waals surface area (Å²) >= 11 is 0. The van der Waals surface area contributed by atoms with E-state index in [-0.39, 0.29) is 5.78 Å². The molecule has 0 saturated heterocycles. The van der Waals surface area contributed by atoms with Crippen molar-refractivity contribution in [3.63, 3.8) is 0 Å². The van der Waals surface area contributed by atoms with E-state index in [1.165, 1.54) is 6.92 Å². The van der Waals surface area contributed by atoms with Gasteiger partial charge in [0.15, 0.2) is 11.5 Å². The van der Waals surface area contributed by atoms with Crippen LogP contribution >= 0.6 is 0 Å². The van der Waals surface area contributed by atoms with E-state index in [1.54, 1.807) is 12.1 Å². The summed E-state index contributed by atoms with van der Waals surface area (Å²) in [6, 6.07) is 3.21. The van der Waals surface area contributed by atoms with Crippen LogP contribution in [0, 0.1) is 0 Å². The molecule has 1 heterocycles. The van der Waals surface area contributed by atoms with E-state index >= 15 is 0 Å². The van der Waals surface area contributed by atoms with Gasteiger partial charge in [0.2, 0.25) is 0 Å². The average Bonchev–Trinajstić information content (AvgIpc) is 2.51. The topological polar surface area (TPSA) is 50.4 Å². The van der Waals surface area contributed by atoms with Gasteiger partial charge < -0.3 is 9.52 Å². The van der Waals surface area contributed by atoms with Crippen molar-refractivity contribution in [2.75, 3.05) is 0 Å². The van der Waals surface area contributed by atoms with Crippen LogP contribution in [0.15, 0.2) is 16.5 Å². The first kappa shape index (κ1) is 9.00. The number of hydrogen-bond acceptors (Lipinski definition) is 3. The van der Waals surface area contributed by atoms with Gasteiger partial charge >= 0.3 is 0 Å². The van der Waals surface area contributed by atoms with Crippen molar-refractivity contribution in [2.45, 2.75) is 26.4 Å². The molecule has 0 aliphatic rings. The molecule has 1 aromatic heterocycles. The molecule has 1 rings (SSSR count). The number of carbonyl (C=O) groups excluding carboxylic acids is 1. The normalized spacial score (nSPS) is 12.9. The fraction of sp³-hybridized carbons (Fsp3) is 0.444. The molecule has 0 bridgehead atoms. The summed E-state index contributed by atoms with van der Waals surface area (Å²) in [5.74, 6) is 0.643. The fourth-order valence-corrected chi connectivity index (χ4v) is 0.922. The summed E-state index contributed by atoms with van der Waals surface area (Å²) in [7, 11) is 0. The zero-order valence-electron chi connectivity index (χ0n) is 7.20. The third kappa shape index (κ3) is 1.74. The van der Waals surface area contributed by atoms with Crippen LogP contribution in [-0.2, 0) is 0 Å². The van der Waals surface area contributed by atoms with Crippen molar-refractivity contribution in [1.29, 1.82) is 0 Å². The van der Waals surface area contributed by atoms with Gasteiger partial charge in [-0.05, 0) is 18.6 Å². The highest BCUT2D eigenvalue weighted by molar-refractivity contribution is 5.91. The molecule has 0 spiro atoms.